The number of amides is 2. The molecule has 0 atom stereocenters. The molecule has 2 amide bonds. The molecule has 5 nitrogen and oxygen atoms in total. The summed E-state index contributed by atoms with van der Waals surface area (Å²) in [4.78, 5) is 14.2. The maximum Gasteiger partial charge on any atom is 0.387 e. The molecule has 1 aliphatic rings. The smallest absolute Gasteiger partial charge is 0.387 e. The normalized spacial score (nSPS) is 16.0. The predicted molar refractivity (Wildman–Crippen MR) is 88.1 cm³/mol. The third kappa shape index (κ3) is 6.16. The molecule has 132 valence electrons. The predicted octanol–water partition coefficient (Wildman–Crippen LogP) is 2.74. The summed E-state index contributed by atoms with van der Waals surface area (Å²) >= 11 is 0. The van der Waals surface area contributed by atoms with Crippen molar-refractivity contribution < 1.29 is 18.3 Å². The third-order valence-corrected chi connectivity index (χ3v) is 3.91. The minimum Gasteiger partial charge on any atom is -0.435 e. The van der Waals surface area contributed by atoms with Gasteiger partial charge in [0.05, 0.1) is 0 Å². The van der Waals surface area contributed by atoms with Crippen LogP contribution in [0.5, 0.6) is 5.75 Å². The standard InChI is InChI=1S/C17H23F2N3O2/c1-2-9-22-10-7-14(8-11-22)21-17(23)20-12-13-3-5-15(6-4-13)24-16(18)19/h2-6,14,16H,1,7-12H2,(H2,20,21,23). The van der Waals surface area contributed by atoms with Crippen molar-refractivity contribution in [1.29, 1.82) is 0 Å². The second-order valence-corrected chi connectivity index (χ2v) is 5.71. The van der Waals surface area contributed by atoms with Crippen LogP contribution in [0.3, 0.4) is 0 Å². The van der Waals surface area contributed by atoms with Gasteiger partial charge in [0, 0.05) is 32.2 Å². The van der Waals surface area contributed by atoms with E-state index in [1.54, 1.807) is 12.1 Å². The van der Waals surface area contributed by atoms with Gasteiger partial charge in [-0.3, -0.25) is 4.90 Å². The lowest BCUT2D eigenvalue weighted by molar-refractivity contribution is -0.0498. The summed E-state index contributed by atoms with van der Waals surface area (Å²) in [6.07, 6.45) is 3.72. The fraction of sp³-hybridized carbons (Fsp3) is 0.471. The number of alkyl halides is 2. The number of nitrogens with one attached hydrogen (secondary N) is 2. The Morgan fingerprint density at radius 3 is 2.58 bits per heavy atom. The van der Waals surface area contributed by atoms with Gasteiger partial charge in [0.15, 0.2) is 0 Å². The number of rotatable bonds is 7. The van der Waals surface area contributed by atoms with Crippen LogP contribution in [0.15, 0.2) is 36.9 Å². The molecule has 0 bridgehead atoms. The van der Waals surface area contributed by atoms with Gasteiger partial charge in [0.25, 0.3) is 0 Å². The molecule has 1 saturated heterocycles. The molecule has 1 fully saturated rings. The number of benzene rings is 1. The first-order valence-electron chi connectivity index (χ1n) is 7.98. The molecule has 0 spiro atoms. The molecule has 0 saturated carbocycles. The number of nitrogens with zero attached hydrogens (tertiary/aromatic N) is 1. The van der Waals surface area contributed by atoms with Crippen molar-refractivity contribution in [3.63, 3.8) is 0 Å². The van der Waals surface area contributed by atoms with Crippen LogP contribution in [0.2, 0.25) is 0 Å². The number of carbonyl (C=O) groups is 1. The van der Waals surface area contributed by atoms with Crippen molar-refractivity contribution in [3.8, 4) is 5.75 Å². The Morgan fingerprint density at radius 2 is 2.00 bits per heavy atom. The zero-order chi connectivity index (χ0) is 17.4. The molecule has 0 aliphatic carbocycles. The molecule has 1 aliphatic heterocycles. The highest BCUT2D eigenvalue weighted by Crippen LogP contribution is 2.15. The van der Waals surface area contributed by atoms with E-state index in [1.807, 2.05) is 6.08 Å². The van der Waals surface area contributed by atoms with Crippen LogP contribution in [-0.4, -0.2) is 43.2 Å². The summed E-state index contributed by atoms with van der Waals surface area (Å²) in [6, 6.07) is 6.16. The van der Waals surface area contributed by atoms with Crippen molar-refractivity contribution in [2.45, 2.75) is 32.0 Å². The molecule has 0 aromatic heterocycles. The van der Waals surface area contributed by atoms with Gasteiger partial charge in [-0.15, -0.1) is 6.58 Å². The van der Waals surface area contributed by atoms with E-state index >= 15 is 0 Å². The zero-order valence-electron chi connectivity index (χ0n) is 13.5. The van der Waals surface area contributed by atoms with Crippen molar-refractivity contribution in [1.82, 2.24) is 15.5 Å². The molecule has 2 rings (SSSR count). The number of carbonyl (C=O) groups excluding carboxylic acids is 1. The van der Waals surface area contributed by atoms with Gasteiger partial charge in [0.2, 0.25) is 0 Å². The van der Waals surface area contributed by atoms with Crippen LogP contribution in [-0.2, 0) is 6.54 Å². The first kappa shape index (κ1) is 18.2. The van der Waals surface area contributed by atoms with Crippen LogP contribution < -0.4 is 15.4 Å². The monoisotopic (exact) mass is 339 g/mol. The van der Waals surface area contributed by atoms with E-state index in [1.165, 1.54) is 12.1 Å². The lowest BCUT2D eigenvalue weighted by atomic mass is 10.1. The molecule has 1 heterocycles. The molecule has 2 N–H and O–H groups in total. The zero-order valence-corrected chi connectivity index (χ0v) is 13.5. The van der Waals surface area contributed by atoms with E-state index in [9.17, 15) is 13.6 Å². The number of piperidine rings is 1. The van der Waals surface area contributed by atoms with Gasteiger partial charge in [-0.1, -0.05) is 18.2 Å². The maximum atomic E-state index is 12.1. The summed E-state index contributed by atoms with van der Waals surface area (Å²) < 4.78 is 28.4. The summed E-state index contributed by atoms with van der Waals surface area (Å²) in [6.45, 7) is 4.00. The molecule has 7 heteroatoms. The van der Waals surface area contributed by atoms with E-state index in [0.717, 1.165) is 38.0 Å². The summed E-state index contributed by atoms with van der Waals surface area (Å²) in [5.41, 5.74) is 0.813. The van der Waals surface area contributed by atoms with Crippen molar-refractivity contribution >= 4 is 6.03 Å². The Balaban J connectivity index is 1.69. The third-order valence-electron chi connectivity index (χ3n) is 3.91. The van der Waals surface area contributed by atoms with E-state index in [2.05, 4.69) is 26.8 Å². The van der Waals surface area contributed by atoms with Gasteiger partial charge in [-0.2, -0.15) is 8.78 Å². The van der Waals surface area contributed by atoms with Crippen LogP contribution >= 0.6 is 0 Å². The molecule has 0 radical (unpaired) electrons. The first-order valence-corrected chi connectivity index (χ1v) is 7.98. The molecule has 24 heavy (non-hydrogen) atoms. The fourth-order valence-corrected chi connectivity index (χ4v) is 2.65. The number of hydrogen-bond donors (Lipinski definition) is 2. The van der Waals surface area contributed by atoms with Crippen molar-refractivity contribution in [2.24, 2.45) is 0 Å². The van der Waals surface area contributed by atoms with Gasteiger partial charge >= 0.3 is 12.6 Å². The fourth-order valence-electron chi connectivity index (χ4n) is 2.65. The molecular formula is C17H23F2N3O2. The number of ether oxygens (including phenoxy) is 1. The number of hydrogen-bond acceptors (Lipinski definition) is 3. The Morgan fingerprint density at radius 1 is 1.33 bits per heavy atom. The minimum absolute atomic E-state index is 0.101. The second kappa shape index (κ2) is 9.22. The average Bonchev–Trinajstić information content (AvgIpc) is 2.56. The number of halogens is 2. The minimum atomic E-state index is -2.84. The number of likely N-dealkylation sites (tertiary alicyclic amines) is 1. The largest absolute Gasteiger partial charge is 0.435 e. The van der Waals surface area contributed by atoms with Gasteiger partial charge < -0.3 is 15.4 Å². The first-order chi connectivity index (χ1) is 11.6. The Labute approximate surface area is 140 Å². The molecule has 1 aromatic carbocycles. The van der Waals surface area contributed by atoms with Crippen LogP contribution in [0.1, 0.15) is 18.4 Å². The van der Waals surface area contributed by atoms with Gasteiger partial charge in [-0.05, 0) is 30.5 Å². The Hall–Kier alpha value is -2.15. The highest BCUT2D eigenvalue weighted by molar-refractivity contribution is 5.74. The Kier molecular flexibility index (Phi) is 6.99. The summed E-state index contributed by atoms with van der Waals surface area (Å²) in [5, 5.41) is 5.74. The highest BCUT2D eigenvalue weighted by Gasteiger charge is 2.19. The van der Waals surface area contributed by atoms with Gasteiger partial charge in [0.1, 0.15) is 5.75 Å². The second-order valence-electron chi connectivity index (χ2n) is 5.71. The summed E-state index contributed by atoms with van der Waals surface area (Å²) in [7, 11) is 0. The van der Waals surface area contributed by atoms with Gasteiger partial charge in [-0.25, -0.2) is 4.79 Å². The average molecular weight is 339 g/mol. The van der Waals surface area contributed by atoms with E-state index in [4.69, 9.17) is 0 Å². The maximum absolute atomic E-state index is 12.1. The van der Waals surface area contributed by atoms with Crippen LogP contribution in [0, 0.1) is 0 Å². The molecule has 1 aromatic rings. The van der Waals surface area contributed by atoms with E-state index < -0.39 is 6.61 Å². The van der Waals surface area contributed by atoms with Crippen molar-refractivity contribution in [2.75, 3.05) is 19.6 Å². The lowest BCUT2D eigenvalue weighted by Crippen LogP contribution is -2.47. The highest BCUT2D eigenvalue weighted by atomic mass is 19.3. The van der Waals surface area contributed by atoms with Crippen LogP contribution in [0.4, 0.5) is 13.6 Å². The summed E-state index contributed by atoms with van der Waals surface area (Å²) in [5.74, 6) is 0.101. The quantitative estimate of drug-likeness (QED) is 0.751. The molecular weight excluding hydrogens is 316 g/mol. The topological polar surface area (TPSA) is 53.6 Å². The molecule has 0 unspecified atom stereocenters. The van der Waals surface area contributed by atoms with Crippen molar-refractivity contribution in [3.05, 3.63) is 42.5 Å². The number of urea groups is 1. The lowest BCUT2D eigenvalue weighted by Gasteiger charge is -2.31. The SMILES string of the molecule is C=CCN1CCC(NC(=O)NCc2ccc(OC(F)F)cc2)CC1. The van der Waals surface area contributed by atoms with Crippen LogP contribution in [0.25, 0.3) is 0 Å². The van der Waals surface area contributed by atoms with E-state index in [-0.39, 0.29) is 17.8 Å². The Bertz CT molecular complexity index is 529. The van der Waals surface area contributed by atoms with E-state index in [0.29, 0.717) is 6.54 Å².